The Morgan fingerprint density at radius 3 is 2.21 bits per heavy atom. The smallest absolute Gasteiger partial charge is 0.221 e. The van der Waals surface area contributed by atoms with Gasteiger partial charge in [0.05, 0.1) is 0 Å². The minimum atomic E-state index is 0. The third-order valence-corrected chi connectivity index (χ3v) is 4.55. The molecule has 0 heterocycles. The van der Waals surface area contributed by atoms with E-state index in [0.717, 1.165) is 31.9 Å². The monoisotopic (exact) mass is 508 g/mol. The maximum atomic E-state index is 11.7. The largest absolute Gasteiger partial charge is 0.356 e. The van der Waals surface area contributed by atoms with E-state index < -0.39 is 0 Å². The summed E-state index contributed by atoms with van der Waals surface area (Å²) >= 11 is 0. The fraction of sp³-hybridized carbons (Fsp3) is 0.391. The summed E-state index contributed by atoms with van der Waals surface area (Å²) in [5, 5.41) is 9.52. The molecule has 2 aromatic rings. The molecule has 0 saturated carbocycles. The topological polar surface area (TPSA) is 65.5 Å². The number of halogens is 1. The standard InChI is InChI=1S/C23H32N4O.HI/c1-3-15-25-22(28)14-16-26-23(24-2)27-18-21(20-12-8-5-9-13-20)17-19-10-6-4-7-11-19;/h4-13,21H,3,14-18H2,1-2H3,(H,25,28)(H2,24,26,27);1H. The van der Waals surface area contributed by atoms with E-state index in [4.69, 9.17) is 0 Å². The number of nitrogens with zero attached hydrogens (tertiary/aromatic N) is 1. The van der Waals surface area contributed by atoms with Crippen molar-refractivity contribution in [2.75, 3.05) is 26.7 Å². The number of hydrogen-bond acceptors (Lipinski definition) is 2. The van der Waals surface area contributed by atoms with Crippen molar-refractivity contribution in [3.8, 4) is 0 Å². The highest BCUT2D eigenvalue weighted by Gasteiger charge is 2.13. The van der Waals surface area contributed by atoms with E-state index in [0.29, 0.717) is 18.9 Å². The second-order valence-corrected chi connectivity index (χ2v) is 6.78. The van der Waals surface area contributed by atoms with E-state index in [-0.39, 0.29) is 29.9 Å². The Hall–Kier alpha value is -2.09. The molecule has 2 rings (SSSR count). The quantitative estimate of drug-likeness (QED) is 0.261. The molecular weight excluding hydrogens is 475 g/mol. The lowest BCUT2D eigenvalue weighted by Gasteiger charge is -2.20. The Morgan fingerprint density at radius 2 is 1.59 bits per heavy atom. The predicted molar refractivity (Wildman–Crippen MR) is 132 cm³/mol. The zero-order valence-electron chi connectivity index (χ0n) is 17.4. The van der Waals surface area contributed by atoms with Gasteiger partial charge in [0.1, 0.15) is 0 Å². The average Bonchev–Trinajstić information content (AvgIpc) is 2.75. The van der Waals surface area contributed by atoms with Crippen LogP contribution in [0.3, 0.4) is 0 Å². The van der Waals surface area contributed by atoms with Crippen molar-refractivity contribution < 1.29 is 4.79 Å². The van der Waals surface area contributed by atoms with Crippen molar-refractivity contribution in [2.24, 2.45) is 4.99 Å². The summed E-state index contributed by atoms with van der Waals surface area (Å²) in [6.45, 7) is 4.09. The summed E-state index contributed by atoms with van der Waals surface area (Å²) in [6.07, 6.45) is 2.34. The summed E-state index contributed by atoms with van der Waals surface area (Å²) in [5.41, 5.74) is 2.61. The summed E-state index contributed by atoms with van der Waals surface area (Å²) in [4.78, 5) is 16.0. The molecule has 0 aliphatic carbocycles. The first kappa shape index (κ1) is 24.9. The van der Waals surface area contributed by atoms with Crippen molar-refractivity contribution in [2.45, 2.75) is 32.1 Å². The van der Waals surface area contributed by atoms with Crippen LogP contribution in [-0.2, 0) is 11.2 Å². The zero-order chi connectivity index (χ0) is 20.0. The SMILES string of the molecule is CCCNC(=O)CCNC(=NC)NCC(Cc1ccccc1)c1ccccc1.I. The van der Waals surface area contributed by atoms with Gasteiger partial charge in [0.2, 0.25) is 5.91 Å². The van der Waals surface area contributed by atoms with E-state index in [9.17, 15) is 4.79 Å². The highest BCUT2D eigenvalue weighted by Crippen LogP contribution is 2.20. The minimum Gasteiger partial charge on any atom is -0.356 e. The Labute approximate surface area is 191 Å². The first-order valence-electron chi connectivity index (χ1n) is 10.0. The first-order chi connectivity index (χ1) is 13.7. The Bertz CT molecular complexity index is 722. The predicted octanol–water partition coefficient (Wildman–Crippen LogP) is 3.71. The van der Waals surface area contributed by atoms with Crippen LogP contribution in [0.1, 0.15) is 36.8 Å². The number of hydrogen-bond donors (Lipinski definition) is 3. The molecular formula is C23H33IN4O. The molecule has 0 bridgehead atoms. The van der Waals surface area contributed by atoms with Gasteiger partial charge in [-0.3, -0.25) is 9.79 Å². The molecule has 158 valence electrons. The van der Waals surface area contributed by atoms with Crippen LogP contribution in [0.2, 0.25) is 0 Å². The summed E-state index contributed by atoms with van der Waals surface area (Å²) < 4.78 is 0. The zero-order valence-corrected chi connectivity index (χ0v) is 19.7. The number of benzene rings is 2. The molecule has 2 aromatic carbocycles. The van der Waals surface area contributed by atoms with Crippen LogP contribution in [-0.4, -0.2) is 38.5 Å². The van der Waals surface area contributed by atoms with Crippen LogP contribution in [0.25, 0.3) is 0 Å². The highest BCUT2D eigenvalue weighted by atomic mass is 127. The molecule has 29 heavy (non-hydrogen) atoms. The van der Waals surface area contributed by atoms with E-state index >= 15 is 0 Å². The van der Waals surface area contributed by atoms with Crippen molar-refractivity contribution in [1.82, 2.24) is 16.0 Å². The fourth-order valence-corrected chi connectivity index (χ4v) is 3.02. The summed E-state index contributed by atoms with van der Waals surface area (Å²) in [7, 11) is 1.75. The molecule has 5 nitrogen and oxygen atoms in total. The number of guanidine groups is 1. The third-order valence-electron chi connectivity index (χ3n) is 4.55. The molecule has 0 aromatic heterocycles. The molecule has 0 saturated heterocycles. The van der Waals surface area contributed by atoms with Crippen LogP contribution in [0.4, 0.5) is 0 Å². The van der Waals surface area contributed by atoms with E-state index in [1.807, 2.05) is 19.1 Å². The number of amides is 1. The maximum Gasteiger partial charge on any atom is 0.221 e. The third kappa shape index (κ3) is 9.78. The Morgan fingerprint density at radius 1 is 0.931 bits per heavy atom. The lowest BCUT2D eigenvalue weighted by Crippen LogP contribution is -2.41. The highest BCUT2D eigenvalue weighted by molar-refractivity contribution is 14.0. The van der Waals surface area contributed by atoms with Crippen LogP contribution in [0.5, 0.6) is 0 Å². The number of aliphatic imine (C=N–C) groups is 1. The molecule has 0 fully saturated rings. The second-order valence-electron chi connectivity index (χ2n) is 6.78. The molecule has 0 aliphatic rings. The number of carbonyl (C=O) groups excluding carboxylic acids is 1. The summed E-state index contributed by atoms with van der Waals surface area (Å²) in [5.74, 6) is 1.11. The van der Waals surface area contributed by atoms with E-state index in [1.165, 1.54) is 11.1 Å². The van der Waals surface area contributed by atoms with Gasteiger partial charge in [-0.2, -0.15) is 0 Å². The van der Waals surface area contributed by atoms with Crippen molar-refractivity contribution in [1.29, 1.82) is 0 Å². The van der Waals surface area contributed by atoms with Gasteiger partial charge in [-0.1, -0.05) is 67.6 Å². The molecule has 6 heteroatoms. The number of carbonyl (C=O) groups is 1. The van der Waals surface area contributed by atoms with Gasteiger partial charge in [0.25, 0.3) is 0 Å². The van der Waals surface area contributed by atoms with Crippen LogP contribution >= 0.6 is 24.0 Å². The van der Waals surface area contributed by atoms with Crippen molar-refractivity contribution >= 4 is 35.8 Å². The van der Waals surface area contributed by atoms with Crippen molar-refractivity contribution in [3.05, 3.63) is 71.8 Å². The normalized spacial score (nSPS) is 11.9. The lowest BCUT2D eigenvalue weighted by atomic mass is 9.92. The molecule has 1 amide bonds. The van der Waals surface area contributed by atoms with Gasteiger partial charge < -0.3 is 16.0 Å². The van der Waals surface area contributed by atoms with Gasteiger partial charge in [0, 0.05) is 39.0 Å². The maximum absolute atomic E-state index is 11.7. The second kappa shape index (κ2) is 14.8. The van der Waals surface area contributed by atoms with Gasteiger partial charge in [-0.25, -0.2) is 0 Å². The van der Waals surface area contributed by atoms with Crippen LogP contribution < -0.4 is 16.0 Å². The fourth-order valence-electron chi connectivity index (χ4n) is 3.02. The number of nitrogens with one attached hydrogen (secondary N) is 3. The van der Waals surface area contributed by atoms with Crippen molar-refractivity contribution in [3.63, 3.8) is 0 Å². The molecule has 0 radical (unpaired) electrons. The molecule has 1 atom stereocenters. The van der Waals surface area contributed by atoms with E-state index in [2.05, 4.69) is 69.5 Å². The molecule has 0 aliphatic heterocycles. The molecule has 1 unspecified atom stereocenters. The van der Waals surface area contributed by atoms with Crippen LogP contribution in [0, 0.1) is 0 Å². The van der Waals surface area contributed by atoms with Gasteiger partial charge in [0.15, 0.2) is 5.96 Å². The molecule has 0 spiro atoms. The lowest BCUT2D eigenvalue weighted by molar-refractivity contribution is -0.120. The van der Waals surface area contributed by atoms with E-state index in [1.54, 1.807) is 7.05 Å². The first-order valence-corrected chi connectivity index (χ1v) is 10.0. The van der Waals surface area contributed by atoms with Gasteiger partial charge >= 0.3 is 0 Å². The van der Waals surface area contributed by atoms with Gasteiger partial charge in [-0.15, -0.1) is 24.0 Å². The van der Waals surface area contributed by atoms with Gasteiger partial charge in [-0.05, 0) is 24.0 Å². The summed E-state index contributed by atoms with van der Waals surface area (Å²) in [6, 6.07) is 21.1. The Kier molecular flexibility index (Phi) is 12.8. The number of rotatable bonds is 10. The van der Waals surface area contributed by atoms with Crippen LogP contribution in [0.15, 0.2) is 65.7 Å². The Balaban J connectivity index is 0.00000420. The molecule has 3 N–H and O–H groups in total. The minimum absolute atomic E-state index is 0. The average molecular weight is 508 g/mol.